The molecule has 0 spiro atoms. The summed E-state index contributed by atoms with van der Waals surface area (Å²) in [5, 5.41) is 0. The second-order valence-corrected chi connectivity index (χ2v) is 7.60. The molecule has 1 N–H and O–H groups in total. The number of H-pyrrole nitrogens is 1. The largest absolute Gasteiger partial charge is 0.491 e. The molecule has 7 nitrogen and oxygen atoms in total. The Balaban J connectivity index is 1.23. The first kappa shape index (κ1) is 19.8. The summed E-state index contributed by atoms with van der Waals surface area (Å²) in [6, 6.07) is 6.18. The van der Waals surface area contributed by atoms with Crippen LogP contribution in [0.1, 0.15) is 18.7 Å². The van der Waals surface area contributed by atoms with Crippen LogP contribution in [0.4, 0.5) is 4.39 Å². The topological polar surface area (TPSA) is 70.7 Å². The molecule has 2 aromatic rings. The Morgan fingerprint density at radius 3 is 2.76 bits per heavy atom. The minimum atomic E-state index is -0.293. The molecule has 0 unspecified atom stereocenters. The van der Waals surface area contributed by atoms with Crippen molar-refractivity contribution < 1.29 is 18.7 Å². The fraction of sp³-hybridized carbons (Fsp3) is 0.524. The number of aromatic amines is 1. The van der Waals surface area contributed by atoms with Crippen molar-refractivity contribution in [3.8, 4) is 5.75 Å². The fourth-order valence-electron chi connectivity index (χ4n) is 3.97. The van der Waals surface area contributed by atoms with Gasteiger partial charge in [-0.2, -0.15) is 0 Å². The average molecular weight is 402 g/mol. The summed E-state index contributed by atoms with van der Waals surface area (Å²) in [4.78, 5) is 24.2. The first-order valence-corrected chi connectivity index (χ1v) is 10.2. The molecule has 8 heteroatoms. The molecule has 2 aliphatic rings. The number of nitrogens with zero attached hydrogens (tertiary/aromatic N) is 3. The van der Waals surface area contributed by atoms with Gasteiger partial charge in [-0.05, 0) is 37.1 Å². The number of piperidine rings is 1. The molecule has 2 aliphatic heterocycles. The van der Waals surface area contributed by atoms with Crippen LogP contribution in [0.3, 0.4) is 0 Å². The molecule has 0 aliphatic carbocycles. The summed E-state index contributed by atoms with van der Waals surface area (Å²) in [7, 11) is 0. The van der Waals surface area contributed by atoms with Crippen molar-refractivity contribution in [3.63, 3.8) is 0 Å². The van der Waals surface area contributed by atoms with Gasteiger partial charge in [0.05, 0.1) is 6.54 Å². The summed E-state index contributed by atoms with van der Waals surface area (Å²) in [6.07, 6.45) is 6.31. The Hall–Kier alpha value is -2.45. The number of carbonyl (C=O) groups excluding carboxylic acids is 1. The van der Waals surface area contributed by atoms with Crippen molar-refractivity contribution in [1.29, 1.82) is 0 Å². The van der Waals surface area contributed by atoms with E-state index in [0.717, 1.165) is 44.7 Å². The van der Waals surface area contributed by atoms with E-state index in [1.54, 1.807) is 18.3 Å². The number of hydrogen-bond donors (Lipinski definition) is 1. The van der Waals surface area contributed by atoms with Crippen LogP contribution in [0, 0.1) is 5.82 Å². The van der Waals surface area contributed by atoms with Crippen LogP contribution in [-0.4, -0.2) is 77.2 Å². The number of nitrogens with one attached hydrogen (secondary N) is 1. The van der Waals surface area contributed by atoms with Gasteiger partial charge < -0.3 is 24.3 Å². The molecular weight excluding hydrogens is 375 g/mol. The first-order valence-electron chi connectivity index (χ1n) is 10.2. The molecule has 156 valence electrons. The monoisotopic (exact) mass is 402 g/mol. The number of rotatable bonds is 7. The maximum atomic E-state index is 13.0. The van der Waals surface area contributed by atoms with Gasteiger partial charge >= 0.3 is 0 Å². The van der Waals surface area contributed by atoms with Crippen LogP contribution in [0.15, 0.2) is 36.7 Å². The van der Waals surface area contributed by atoms with Crippen LogP contribution < -0.4 is 4.74 Å². The smallest absolute Gasteiger partial charge is 0.248 e. The highest BCUT2D eigenvalue weighted by Gasteiger charge is 2.33. The molecule has 2 fully saturated rings. The lowest BCUT2D eigenvalue weighted by molar-refractivity contribution is -0.155. The second kappa shape index (κ2) is 9.37. The molecule has 3 heterocycles. The van der Waals surface area contributed by atoms with Crippen molar-refractivity contribution in [2.45, 2.75) is 31.4 Å². The molecule has 0 saturated carbocycles. The summed E-state index contributed by atoms with van der Waals surface area (Å²) >= 11 is 0. The van der Waals surface area contributed by atoms with Crippen LogP contribution in [0.25, 0.3) is 0 Å². The summed E-state index contributed by atoms with van der Waals surface area (Å²) in [5.74, 6) is 1.37. The number of hydrogen-bond acceptors (Lipinski definition) is 5. The number of likely N-dealkylation sites (tertiary alicyclic amines) is 1. The second-order valence-electron chi connectivity index (χ2n) is 7.60. The van der Waals surface area contributed by atoms with E-state index in [1.165, 1.54) is 12.1 Å². The molecule has 1 atom stereocenters. The maximum Gasteiger partial charge on any atom is 0.248 e. The summed E-state index contributed by atoms with van der Waals surface area (Å²) < 4.78 is 24.4. The van der Waals surface area contributed by atoms with Crippen LogP contribution in [-0.2, 0) is 16.0 Å². The number of ether oxygens (including phenoxy) is 2. The van der Waals surface area contributed by atoms with E-state index in [4.69, 9.17) is 9.47 Å². The molecule has 0 radical (unpaired) electrons. The van der Waals surface area contributed by atoms with Gasteiger partial charge in [-0.15, -0.1) is 0 Å². The molecule has 1 amide bonds. The van der Waals surface area contributed by atoms with Crippen molar-refractivity contribution >= 4 is 5.91 Å². The van der Waals surface area contributed by atoms with Crippen LogP contribution in [0.5, 0.6) is 5.75 Å². The predicted octanol–water partition coefficient (Wildman–Crippen LogP) is 1.86. The quantitative estimate of drug-likeness (QED) is 0.766. The Morgan fingerprint density at radius 1 is 1.24 bits per heavy atom. The Morgan fingerprint density at radius 2 is 2.03 bits per heavy atom. The van der Waals surface area contributed by atoms with E-state index in [0.29, 0.717) is 18.9 Å². The summed E-state index contributed by atoms with van der Waals surface area (Å²) in [5.41, 5.74) is 0. The van der Waals surface area contributed by atoms with Gasteiger partial charge in [0.2, 0.25) is 5.91 Å². The van der Waals surface area contributed by atoms with Gasteiger partial charge in [0.1, 0.15) is 36.7 Å². The van der Waals surface area contributed by atoms with Crippen molar-refractivity contribution in [1.82, 2.24) is 19.8 Å². The van der Waals surface area contributed by atoms with E-state index >= 15 is 0 Å². The zero-order chi connectivity index (χ0) is 20.1. The van der Waals surface area contributed by atoms with Gasteiger partial charge in [0, 0.05) is 44.5 Å². The van der Waals surface area contributed by atoms with E-state index in [2.05, 4.69) is 14.9 Å². The van der Waals surface area contributed by atoms with Gasteiger partial charge in [0.15, 0.2) is 0 Å². The van der Waals surface area contributed by atoms with E-state index < -0.39 is 0 Å². The standard InChI is InChI=1S/C21H27FN4O3/c22-16-1-3-18(4-2-16)28-14-19-13-26(21(27)15-29-19)17-5-10-25(11-6-17)12-7-20-23-8-9-24-20/h1-4,8-9,17,19H,5-7,10-15H2,(H,23,24)/t19-/m0/s1. The highest BCUT2D eigenvalue weighted by Crippen LogP contribution is 2.21. The van der Waals surface area contributed by atoms with Crippen molar-refractivity contribution in [2.24, 2.45) is 0 Å². The van der Waals surface area contributed by atoms with Gasteiger partial charge in [-0.3, -0.25) is 4.79 Å². The molecule has 2 saturated heterocycles. The number of halogens is 1. The fourth-order valence-corrected chi connectivity index (χ4v) is 3.97. The Labute approximate surface area is 169 Å². The number of aromatic nitrogens is 2. The third-order valence-electron chi connectivity index (χ3n) is 5.63. The van der Waals surface area contributed by atoms with Crippen LogP contribution >= 0.6 is 0 Å². The highest BCUT2D eigenvalue weighted by molar-refractivity contribution is 5.78. The molecular formula is C21H27FN4O3. The zero-order valence-electron chi connectivity index (χ0n) is 16.4. The van der Waals surface area contributed by atoms with Gasteiger partial charge in [-0.25, -0.2) is 9.37 Å². The molecule has 0 bridgehead atoms. The minimum absolute atomic E-state index is 0.0528. The van der Waals surface area contributed by atoms with Gasteiger partial charge in [-0.1, -0.05) is 0 Å². The summed E-state index contributed by atoms with van der Waals surface area (Å²) in [6.45, 7) is 3.91. The lowest BCUT2D eigenvalue weighted by Crippen LogP contribution is -2.55. The van der Waals surface area contributed by atoms with Crippen LogP contribution in [0.2, 0.25) is 0 Å². The lowest BCUT2D eigenvalue weighted by atomic mass is 10.0. The molecule has 1 aromatic carbocycles. The minimum Gasteiger partial charge on any atom is -0.491 e. The van der Waals surface area contributed by atoms with Gasteiger partial charge in [0.25, 0.3) is 0 Å². The van der Waals surface area contributed by atoms with E-state index in [9.17, 15) is 9.18 Å². The van der Waals surface area contributed by atoms with Crippen molar-refractivity contribution in [2.75, 3.05) is 39.4 Å². The number of amides is 1. The van der Waals surface area contributed by atoms with Crippen molar-refractivity contribution in [3.05, 3.63) is 48.3 Å². The molecule has 1 aromatic heterocycles. The first-order chi connectivity index (χ1) is 14.2. The SMILES string of the molecule is O=C1CO[C@H](COc2ccc(F)cc2)CN1C1CCN(CCc2ncc[nH]2)CC1. The maximum absolute atomic E-state index is 13.0. The molecule has 4 rings (SSSR count). The lowest BCUT2D eigenvalue weighted by Gasteiger charge is -2.42. The third kappa shape index (κ3) is 5.33. The number of benzene rings is 1. The zero-order valence-corrected chi connectivity index (χ0v) is 16.4. The normalized spacial score (nSPS) is 21.5. The third-order valence-corrected chi connectivity index (χ3v) is 5.63. The highest BCUT2D eigenvalue weighted by atomic mass is 19.1. The Kier molecular flexibility index (Phi) is 6.41. The van der Waals surface area contributed by atoms with E-state index in [-0.39, 0.29) is 30.5 Å². The number of carbonyl (C=O) groups is 1. The Bertz CT molecular complexity index is 776. The predicted molar refractivity (Wildman–Crippen MR) is 105 cm³/mol. The number of imidazole rings is 1. The molecule has 29 heavy (non-hydrogen) atoms. The number of morpholine rings is 1. The van der Waals surface area contributed by atoms with E-state index in [1.807, 2.05) is 11.1 Å². The average Bonchev–Trinajstić information content (AvgIpc) is 3.27.